The zero-order chi connectivity index (χ0) is 13.4. The first kappa shape index (κ1) is 15.4. The largest absolute Gasteiger partial charge is 0.357 e. The number of rotatable bonds is 2. The molecule has 0 N–H and O–H groups in total. The molecule has 0 bridgehead atoms. The first-order valence-corrected chi connectivity index (χ1v) is 8.21. The van der Waals surface area contributed by atoms with Gasteiger partial charge in [0.25, 0.3) is 0 Å². The molecule has 2 aromatic rings. The zero-order valence-electron chi connectivity index (χ0n) is 9.16. The molecule has 0 spiro atoms. The lowest BCUT2D eigenvalue weighted by molar-refractivity contribution is -2.00. The summed E-state index contributed by atoms with van der Waals surface area (Å²) >= 11 is 0.0287. The Balaban J connectivity index is 0.000000280. The van der Waals surface area contributed by atoms with E-state index in [1.165, 1.54) is 7.14 Å². The molecular weight excluding hydrogens is 370 g/mol. The first-order valence-electron chi connectivity index (χ1n) is 4.82. The predicted octanol–water partition coefficient (Wildman–Crippen LogP) is -4.94. The Morgan fingerprint density at radius 2 is 0.889 bits per heavy atom. The van der Waals surface area contributed by atoms with Crippen molar-refractivity contribution >= 4 is 0 Å². The van der Waals surface area contributed by atoms with E-state index in [4.69, 9.17) is 18.6 Å². The van der Waals surface area contributed by atoms with E-state index in [0.717, 1.165) is 0 Å². The summed E-state index contributed by atoms with van der Waals surface area (Å²) in [6.07, 6.45) is 0. The summed E-state index contributed by atoms with van der Waals surface area (Å²) in [4.78, 5) is 0. The molecule has 0 aliphatic heterocycles. The fourth-order valence-electron chi connectivity index (χ4n) is 1.08. The van der Waals surface area contributed by atoms with Gasteiger partial charge in [-0.25, -0.2) is 18.6 Å². The number of hydrogen-bond acceptors (Lipinski definition) is 4. The summed E-state index contributed by atoms with van der Waals surface area (Å²) < 4.78 is 36.9. The van der Waals surface area contributed by atoms with Crippen molar-refractivity contribution < 1.29 is 50.1 Å². The number of benzene rings is 2. The van der Waals surface area contributed by atoms with Crippen molar-refractivity contribution in [2.75, 3.05) is 0 Å². The van der Waals surface area contributed by atoms with E-state index in [9.17, 15) is 0 Å². The van der Waals surface area contributed by atoms with E-state index < -0.39 is 10.2 Å². The summed E-state index contributed by atoms with van der Waals surface area (Å²) in [6.45, 7) is 0. The van der Waals surface area contributed by atoms with Crippen LogP contribution in [-0.4, -0.2) is 0 Å². The molecule has 0 aliphatic carbocycles. The van der Waals surface area contributed by atoms with Gasteiger partial charge < -0.3 is 0 Å². The lowest BCUT2D eigenvalue weighted by atomic mass is 10.4. The maximum atomic E-state index is 8.49. The van der Waals surface area contributed by atoms with Gasteiger partial charge in [-0.1, -0.05) is 36.4 Å². The van der Waals surface area contributed by atoms with Gasteiger partial charge in [0.15, 0.2) is 7.14 Å². The molecule has 0 saturated carbocycles. The van der Waals surface area contributed by atoms with Crippen molar-refractivity contribution in [2.45, 2.75) is 0 Å². The van der Waals surface area contributed by atoms with Crippen LogP contribution in [0.4, 0.5) is 0 Å². The highest BCUT2D eigenvalue weighted by molar-refractivity contribution is 5.02. The smallest absolute Gasteiger partial charge is 0.222 e. The maximum absolute atomic E-state index is 8.49. The van der Waals surface area contributed by atoms with Gasteiger partial charge in [-0.05, 0) is 24.3 Å². The third-order valence-electron chi connectivity index (χ3n) is 1.68. The molecule has 0 atom stereocenters. The molecule has 0 aliphatic rings. The van der Waals surface area contributed by atoms with Crippen molar-refractivity contribution in [3.8, 4) is 0 Å². The Morgan fingerprint density at radius 3 is 1.17 bits per heavy atom. The zero-order valence-corrected chi connectivity index (χ0v) is 12.1. The molecule has 2 aromatic carbocycles. The SMILES string of the molecule is [O-][Cl+3]([O-])([O-])[O-].c1ccc([I+]c2ccccc2)cc1. The van der Waals surface area contributed by atoms with Crippen LogP contribution in [0.3, 0.4) is 0 Å². The molecule has 0 heterocycles. The molecule has 0 unspecified atom stereocenters. The molecule has 0 saturated heterocycles. The van der Waals surface area contributed by atoms with E-state index >= 15 is 0 Å². The quantitative estimate of drug-likeness (QED) is 0.488. The van der Waals surface area contributed by atoms with Crippen LogP contribution in [-0.2, 0) is 0 Å². The molecular formula is C12H10ClIO4. The second-order valence-corrected chi connectivity index (χ2v) is 6.85. The average molecular weight is 381 g/mol. The monoisotopic (exact) mass is 380 g/mol. The van der Waals surface area contributed by atoms with Gasteiger partial charge >= 0.3 is 21.2 Å². The maximum Gasteiger partial charge on any atom is 0.357 e. The highest BCUT2D eigenvalue weighted by atomic mass is 127. The van der Waals surface area contributed by atoms with Gasteiger partial charge in [0.2, 0.25) is 0 Å². The minimum Gasteiger partial charge on any atom is -0.222 e. The van der Waals surface area contributed by atoms with Crippen LogP contribution in [0.25, 0.3) is 0 Å². The van der Waals surface area contributed by atoms with Gasteiger partial charge in [-0.3, -0.25) is 0 Å². The van der Waals surface area contributed by atoms with E-state index in [-0.39, 0.29) is 21.2 Å². The van der Waals surface area contributed by atoms with Crippen LogP contribution in [0.5, 0.6) is 0 Å². The summed E-state index contributed by atoms with van der Waals surface area (Å²) in [5.74, 6) is 0. The average Bonchev–Trinajstić information content (AvgIpc) is 2.29. The Hall–Kier alpha value is -0.700. The second kappa shape index (κ2) is 7.67. The van der Waals surface area contributed by atoms with Crippen molar-refractivity contribution in [2.24, 2.45) is 0 Å². The summed E-state index contributed by atoms with van der Waals surface area (Å²) in [6, 6.07) is 21.4. The standard InChI is InChI=1S/C12H10I.ClHO4/c1-3-7-11(8-4-1)13-12-9-5-2-6-10-12;2-1(3,4)5/h1-10H;(H,2,3,4,5)/q+1;/p-1. The van der Waals surface area contributed by atoms with Crippen molar-refractivity contribution in [3.05, 3.63) is 67.8 Å². The minimum absolute atomic E-state index is 0.0287. The molecule has 4 nitrogen and oxygen atoms in total. The van der Waals surface area contributed by atoms with E-state index in [0.29, 0.717) is 0 Å². The van der Waals surface area contributed by atoms with Gasteiger partial charge in [-0.2, -0.15) is 0 Å². The molecule has 18 heavy (non-hydrogen) atoms. The van der Waals surface area contributed by atoms with Crippen LogP contribution >= 0.6 is 0 Å². The third kappa shape index (κ3) is 8.40. The molecule has 2 rings (SSSR count). The summed E-state index contributed by atoms with van der Waals surface area (Å²) in [5, 5.41) is 0. The van der Waals surface area contributed by atoms with Gasteiger partial charge in [0.1, 0.15) is 0 Å². The minimum atomic E-state index is -4.94. The predicted molar refractivity (Wildman–Crippen MR) is 50.3 cm³/mol. The highest BCUT2D eigenvalue weighted by Crippen LogP contribution is 1.85. The topological polar surface area (TPSA) is 92.2 Å². The molecule has 0 radical (unpaired) electrons. The lowest BCUT2D eigenvalue weighted by Gasteiger charge is -2.17. The summed E-state index contributed by atoms with van der Waals surface area (Å²) in [7, 11) is -4.94. The second-order valence-electron chi connectivity index (χ2n) is 3.06. The van der Waals surface area contributed by atoms with Gasteiger partial charge in [0.05, 0.1) is 0 Å². The Morgan fingerprint density at radius 1 is 0.611 bits per heavy atom. The van der Waals surface area contributed by atoms with Gasteiger partial charge in [0, 0.05) is 0 Å². The Labute approximate surface area is 118 Å². The van der Waals surface area contributed by atoms with Crippen molar-refractivity contribution in [1.29, 1.82) is 0 Å². The fourth-order valence-corrected chi connectivity index (χ4v) is 3.35. The number of hydrogen-bond donors (Lipinski definition) is 0. The molecule has 0 amide bonds. The Bertz CT molecular complexity index is 401. The third-order valence-corrected chi connectivity index (χ3v) is 4.37. The highest BCUT2D eigenvalue weighted by Gasteiger charge is 2.12. The van der Waals surface area contributed by atoms with E-state index in [1.54, 1.807) is 0 Å². The van der Waals surface area contributed by atoms with Crippen LogP contribution < -0.4 is 39.8 Å². The summed E-state index contributed by atoms with van der Waals surface area (Å²) in [5.41, 5.74) is 0. The lowest BCUT2D eigenvalue weighted by Crippen LogP contribution is -3.61. The molecule has 0 aromatic heterocycles. The molecule has 6 heteroatoms. The Kier molecular flexibility index (Phi) is 6.55. The van der Waals surface area contributed by atoms with Crippen LogP contribution in [0, 0.1) is 17.4 Å². The van der Waals surface area contributed by atoms with E-state index in [2.05, 4.69) is 60.7 Å². The van der Waals surface area contributed by atoms with Crippen molar-refractivity contribution in [3.63, 3.8) is 0 Å². The van der Waals surface area contributed by atoms with Crippen molar-refractivity contribution in [1.82, 2.24) is 0 Å². The normalized spacial score (nSPS) is 10.4. The molecule has 96 valence electrons. The molecule has 0 fully saturated rings. The first-order chi connectivity index (χ1) is 8.45. The van der Waals surface area contributed by atoms with Crippen LogP contribution in [0.1, 0.15) is 0 Å². The van der Waals surface area contributed by atoms with Gasteiger partial charge in [-0.15, -0.1) is 10.2 Å². The fraction of sp³-hybridized carbons (Fsp3) is 0. The van der Waals surface area contributed by atoms with Crippen LogP contribution in [0.2, 0.25) is 0 Å². The van der Waals surface area contributed by atoms with Crippen LogP contribution in [0.15, 0.2) is 60.7 Å². The number of halogens is 2. The van der Waals surface area contributed by atoms with E-state index in [1.807, 2.05) is 0 Å².